The zero-order valence-corrected chi connectivity index (χ0v) is 30.8. The number of rotatable bonds is 3. The van der Waals surface area contributed by atoms with E-state index in [-0.39, 0.29) is 0 Å². The van der Waals surface area contributed by atoms with Crippen molar-refractivity contribution in [2.24, 2.45) is 0 Å². The quantitative estimate of drug-likeness (QED) is 0.160. The summed E-state index contributed by atoms with van der Waals surface area (Å²) < 4.78 is 5.43. The van der Waals surface area contributed by atoms with Crippen molar-refractivity contribution < 1.29 is 0 Å². The van der Waals surface area contributed by atoms with Gasteiger partial charge in [0, 0.05) is 40.3 Å². The van der Waals surface area contributed by atoms with E-state index in [2.05, 4.69) is 182 Å². The summed E-state index contributed by atoms with van der Waals surface area (Å²) in [5.74, 6) is 0. The zero-order valence-electron chi connectivity index (χ0n) is 29.1. The number of thiophene rings is 2. The average molecular weight is 719 g/mol. The summed E-state index contributed by atoms with van der Waals surface area (Å²) in [6.07, 6.45) is 0. The topological polar surface area (TPSA) is 0 Å². The Hall–Kier alpha value is -6.32. The Kier molecular flexibility index (Phi) is 6.48. The fraction of sp³-hybridized carbons (Fsp3) is 0. The molecule has 0 aliphatic heterocycles. The third-order valence-electron chi connectivity index (χ3n) is 11.4. The second-order valence-electron chi connectivity index (χ2n) is 14.3. The lowest BCUT2D eigenvalue weighted by molar-refractivity contribution is 1.63. The molecule has 0 unspecified atom stereocenters. The van der Waals surface area contributed by atoms with Gasteiger partial charge in [-0.2, -0.15) is 0 Å². The third kappa shape index (κ3) is 4.36. The molecule has 0 nitrogen and oxygen atoms in total. The van der Waals surface area contributed by atoms with Crippen LogP contribution in [0, 0.1) is 0 Å². The lowest BCUT2D eigenvalue weighted by Gasteiger charge is -2.19. The van der Waals surface area contributed by atoms with Crippen LogP contribution >= 0.6 is 22.7 Å². The van der Waals surface area contributed by atoms with Crippen molar-refractivity contribution >= 4 is 106 Å². The Morgan fingerprint density at radius 3 is 1.61 bits per heavy atom. The molecule has 2 heterocycles. The molecule has 0 saturated carbocycles. The van der Waals surface area contributed by atoms with Crippen LogP contribution in [0.15, 0.2) is 182 Å². The summed E-state index contributed by atoms with van der Waals surface area (Å²) in [6, 6.07) is 67.8. The van der Waals surface area contributed by atoms with Crippen LogP contribution in [-0.2, 0) is 0 Å². The maximum atomic E-state index is 2.44. The second-order valence-corrected chi connectivity index (χ2v) is 16.5. The van der Waals surface area contributed by atoms with Crippen LogP contribution in [0.25, 0.3) is 117 Å². The molecule has 0 amide bonds. The van der Waals surface area contributed by atoms with E-state index < -0.39 is 0 Å². The Morgan fingerprint density at radius 2 is 0.833 bits per heavy atom. The van der Waals surface area contributed by atoms with Crippen LogP contribution in [0.4, 0.5) is 0 Å². The molecule has 12 rings (SSSR count). The summed E-state index contributed by atoms with van der Waals surface area (Å²) in [7, 11) is 0. The van der Waals surface area contributed by atoms with Gasteiger partial charge in [-0.15, -0.1) is 22.7 Å². The van der Waals surface area contributed by atoms with Gasteiger partial charge in [0.2, 0.25) is 0 Å². The smallest absolute Gasteiger partial charge is 0.0448 e. The first-order valence-electron chi connectivity index (χ1n) is 18.5. The first-order valence-corrected chi connectivity index (χ1v) is 20.1. The summed E-state index contributed by atoms with van der Waals surface area (Å²) in [5, 5.41) is 15.7. The van der Waals surface area contributed by atoms with E-state index in [1.807, 2.05) is 22.7 Å². The van der Waals surface area contributed by atoms with E-state index in [0.717, 1.165) is 0 Å². The molecule has 0 saturated heterocycles. The molecule has 0 spiro atoms. The summed E-state index contributed by atoms with van der Waals surface area (Å²) in [5.41, 5.74) is 7.57. The average Bonchev–Trinajstić information content (AvgIpc) is 3.81. The van der Waals surface area contributed by atoms with Gasteiger partial charge in [-0.25, -0.2) is 0 Å². The molecule has 0 bridgehead atoms. The van der Waals surface area contributed by atoms with E-state index in [9.17, 15) is 0 Å². The van der Waals surface area contributed by atoms with Crippen LogP contribution in [0.2, 0.25) is 0 Å². The van der Waals surface area contributed by atoms with Crippen molar-refractivity contribution in [2.75, 3.05) is 0 Å². The standard InChI is InChI=1S/C52H30S2/c1-3-16-36-31(11-1)13-10-22-38(36)49-41-20-7-5-18-39(41)48(40-19-6-8-21-42(40)49)35-15-9-14-33(29-35)34-24-26-45-44(30-34)51-47(53-45)28-25-43-50-37-17-4-2-12-32(37)23-27-46(50)54-52(43)51/h1-30H. The molecule has 0 N–H and O–H groups in total. The van der Waals surface area contributed by atoms with Crippen molar-refractivity contribution in [1.29, 1.82) is 0 Å². The van der Waals surface area contributed by atoms with Crippen molar-refractivity contribution in [3.8, 4) is 33.4 Å². The Bertz CT molecular complexity index is 3440. The fourth-order valence-electron chi connectivity index (χ4n) is 9.07. The summed E-state index contributed by atoms with van der Waals surface area (Å²) in [6.45, 7) is 0. The Labute approximate surface area is 319 Å². The van der Waals surface area contributed by atoms with Crippen molar-refractivity contribution in [3.05, 3.63) is 182 Å². The summed E-state index contributed by atoms with van der Waals surface area (Å²) >= 11 is 3.84. The molecule has 0 fully saturated rings. The number of hydrogen-bond donors (Lipinski definition) is 0. The monoisotopic (exact) mass is 718 g/mol. The van der Waals surface area contributed by atoms with E-state index in [1.165, 1.54) is 117 Å². The molecular weight excluding hydrogens is 689 g/mol. The summed E-state index contributed by atoms with van der Waals surface area (Å²) in [4.78, 5) is 0. The highest BCUT2D eigenvalue weighted by Crippen LogP contribution is 2.48. The van der Waals surface area contributed by atoms with E-state index >= 15 is 0 Å². The predicted octanol–water partition coefficient (Wildman–Crippen LogP) is 16.0. The molecule has 10 aromatic carbocycles. The highest BCUT2D eigenvalue weighted by molar-refractivity contribution is 7.29. The molecule has 0 aliphatic carbocycles. The lowest BCUT2D eigenvalue weighted by atomic mass is 9.84. The molecule has 12 aromatic rings. The van der Waals surface area contributed by atoms with Crippen LogP contribution in [0.1, 0.15) is 0 Å². The molecule has 54 heavy (non-hydrogen) atoms. The minimum atomic E-state index is 1.23. The molecule has 250 valence electrons. The first-order chi connectivity index (χ1) is 26.8. The third-order valence-corrected chi connectivity index (χ3v) is 13.8. The second kappa shape index (κ2) is 11.6. The van der Waals surface area contributed by atoms with Gasteiger partial charge in [0.05, 0.1) is 0 Å². The molecule has 0 aliphatic rings. The van der Waals surface area contributed by atoms with Crippen molar-refractivity contribution in [3.63, 3.8) is 0 Å². The van der Waals surface area contributed by atoms with Crippen molar-refractivity contribution in [1.82, 2.24) is 0 Å². The van der Waals surface area contributed by atoms with E-state index in [4.69, 9.17) is 0 Å². The highest BCUT2D eigenvalue weighted by Gasteiger charge is 2.19. The molecule has 0 atom stereocenters. The minimum Gasteiger partial charge on any atom is -0.135 e. The van der Waals surface area contributed by atoms with Crippen LogP contribution in [0.5, 0.6) is 0 Å². The van der Waals surface area contributed by atoms with Gasteiger partial charge in [0.15, 0.2) is 0 Å². The predicted molar refractivity (Wildman–Crippen MR) is 239 cm³/mol. The van der Waals surface area contributed by atoms with Crippen LogP contribution in [0.3, 0.4) is 0 Å². The van der Waals surface area contributed by atoms with Gasteiger partial charge >= 0.3 is 0 Å². The minimum absolute atomic E-state index is 1.23. The lowest BCUT2D eigenvalue weighted by Crippen LogP contribution is -1.92. The largest absolute Gasteiger partial charge is 0.135 e. The zero-order chi connectivity index (χ0) is 35.3. The molecule has 2 aromatic heterocycles. The normalized spacial score (nSPS) is 12.1. The fourth-order valence-corrected chi connectivity index (χ4v) is 11.5. The number of hydrogen-bond acceptors (Lipinski definition) is 2. The van der Waals surface area contributed by atoms with Gasteiger partial charge in [-0.05, 0) is 107 Å². The van der Waals surface area contributed by atoms with Gasteiger partial charge < -0.3 is 0 Å². The van der Waals surface area contributed by atoms with Gasteiger partial charge in [0.25, 0.3) is 0 Å². The maximum absolute atomic E-state index is 2.44. The van der Waals surface area contributed by atoms with Gasteiger partial charge in [-0.1, -0.05) is 152 Å². The van der Waals surface area contributed by atoms with E-state index in [1.54, 1.807) is 0 Å². The van der Waals surface area contributed by atoms with Crippen LogP contribution < -0.4 is 0 Å². The van der Waals surface area contributed by atoms with Gasteiger partial charge in [0.1, 0.15) is 0 Å². The van der Waals surface area contributed by atoms with Crippen LogP contribution in [-0.4, -0.2) is 0 Å². The Morgan fingerprint density at radius 1 is 0.278 bits per heavy atom. The first kappa shape index (κ1) is 30.2. The van der Waals surface area contributed by atoms with E-state index in [0.29, 0.717) is 0 Å². The van der Waals surface area contributed by atoms with Gasteiger partial charge in [-0.3, -0.25) is 0 Å². The molecule has 2 heteroatoms. The Balaban J connectivity index is 1.07. The number of benzene rings is 10. The van der Waals surface area contributed by atoms with Crippen molar-refractivity contribution in [2.45, 2.75) is 0 Å². The number of fused-ring (bicyclic) bond motifs is 12. The maximum Gasteiger partial charge on any atom is 0.0448 e. The molecule has 0 radical (unpaired) electrons. The molecular formula is C52H30S2. The SMILES string of the molecule is c1cc(-c2ccc3sc4ccc5c(sc6ccc7ccccc7c65)c4c3c2)cc(-c2c3ccccc3c(-c3cccc4ccccc34)c3ccccc23)c1. The highest BCUT2D eigenvalue weighted by atomic mass is 32.1.